The molecule has 2 aromatic carbocycles. The van der Waals surface area contributed by atoms with Crippen molar-refractivity contribution in [3.8, 4) is 5.75 Å². The summed E-state index contributed by atoms with van der Waals surface area (Å²) in [6, 6.07) is 12.0. The molecule has 28 heavy (non-hydrogen) atoms. The van der Waals surface area contributed by atoms with Crippen LogP contribution in [0.4, 0.5) is 5.69 Å². The molecule has 0 radical (unpaired) electrons. The first-order chi connectivity index (χ1) is 13.6. The van der Waals surface area contributed by atoms with E-state index in [0.29, 0.717) is 28.1 Å². The first-order valence-electron chi connectivity index (χ1n) is 8.57. The van der Waals surface area contributed by atoms with Gasteiger partial charge in [-0.2, -0.15) is 0 Å². The summed E-state index contributed by atoms with van der Waals surface area (Å²) in [5.74, 6) is -0.0893. The van der Waals surface area contributed by atoms with Crippen LogP contribution in [0.25, 0.3) is 22.1 Å². The van der Waals surface area contributed by atoms with Crippen LogP contribution in [0.1, 0.15) is 10.4 Å². The number of benzene rings is 2. The second-order valence-electron chi connectivity index (χ2n) is 6.42. The molecule has 5 rings (SSSR count). The second kappa shape index (κ2) is 6.05. The number of carbonyl (C=O) groups excluding carboxylic acids is 2. The lowest BCUT2D eigenvalue weighted by Gasteiger charge is -2.18. The SMILES string of the molecule is O=C1COc2ccc(C(=O)Cn3cnc4c(oc5ccccc54)c3=O)cc2N1. The van der Waals surface area contributed by atoms with Gasteiger partial charge in [0.25, 0.3) is 11.5 Å². The number of hydrogen-bond donors (Lipinski definition) is 1. The quantitative estimate of drug-likeness (QED) is 0.552. The maximum absolute atomic E-state index is 12.7. The molecule has 0 bridgehead atoms. The molecule has 8 heteroatoms. The number of para-hydroxylation sites is 1. The Balaban J connectivity index is 1.50. The van der Waals surface area contributed by atoms with Crippen LogP contribution in [0.5, 0.6) is 5.75 Å². The Hall–Kier alpha value is -3.94. The van der Waals surface area contributed by atoms with Gasteiger partial charge in [-0.05, 0) is 30.3 Å². The number of nitrogens with zero attached hydrogens (tertiary/aromatic N) is 2. The van der Waals surface area contributed by atoms with Gasteiger partial charge in [0.15, 0.2) is 12.4 Å². The van der Waals surface area contributed by atoms with Crippen LogP contribution in [-0.2, 0) is 11.3 Å². The van der Waals surface area contributed by atoms with E-state index in [1.807, 2.05) is 18.2 Å². The van der Waals surface area contributed by atoms with Gasteiger partial charge in [0, 0.05) is 10.9 Å². The lowest BCUT2D eigenvalue weighted by molar-refractivity contribution is -0.118. The Kier molecular flexibility index (Phi) is 3.51. The number of rotatable bonds is 3. The van der Waals surface area contributed by atoms with Gasteiger partial charge >= 0.3 is 0 Å². The van der Waals surface area contributed by atoms with E-state index in [1.54, 1.807) is 18.2 Å². The van der Waals surface area contributed by atoms with E-state index in [2.05, 4.69) is 10.3 Å². The average Bonchev–Trinajstić information content (AvgIpc) is 3.09. The van der Waals surface area contributed by atoms with Gasteiger partial charge in [0.1, 0.15) is 16.8 Å². The van der Waals surface area contributed by atoms with E-state index in [1.165, 1.54) is 17.0 Å². The fraction of sp³-hybridized carbons (Fsp3) is 0.100. The van der Waals surface area contributed by atoms with Crippen LogP contribution in [0.3, 0.4) is 0 Å². The van der Waals surface area contributed by atoms with Crippen molar-refractivity contribution < 1.29 is 18.7 Å². The number of aromatic nitrogens is 2. The van der Waals surface area contributed by atoms with Gasteiger partial charge in [-0.1, -0.05) is 12.1 Å². The van der Waals surface area contributed by atoms with Gasteiger partial charge in [-0.15, -0.1) is 0 Å². The number of nitrogens with one attached hydrogen (secondary N) is 1. The molecule has 138 valence electrons. The zero-order chi connectivity index (χ0) is 19.3. The Labute approximate surface area is 157 Å². The summed E-state index contributed by atoms with van der Waals surface area (Å²) in [7, 11) is 0. The maximum atomic E-state index is 12.7. The molecule has 0 saturated carbocycles. The van der Waals surface area contributed by atoms with Crippen LogP contribution >= 0.6 is 0 Å². The fourth-order valence-electron chi connectivity index (χ4n) is 3.23. The smallest absolute Gasteiger partial charge is 0.297 e. The van der Waals surface area contributed by atoms with Crippen LogP contribution in [0.2, 0.25) is 0 Å². The predicted molar refractivity (Wildman–Crippen MR) is 101 cm³/mol. The number of ketones is 1. The summed E-state index contributed by atoms with van der Waals surface area (Å²) >= 11 is 0. The molecule has 8 nitrogen and oxygen atoms in total. The number of anilines is 1. The van der Waals surface area contributed by atoms with E-state index in [9.17, 15) is 14.4 Å². The Morgan fingerprint density at radius 2 is 2.04 bits per heavy atom. The Morgan fingerprint density at radius 1 is 1.18 bits per heavy atom. The lowest BCUT2D eigenvalue weighted by Crippen LogP contribution is -2.26. The monoisotopic (exact) mass is 375 g/mol. The molecular formula is C20H13N3O5. The second-order valence-corrected chi connectivity index (χ2v) is 6.42. The highest BCUT2D eigenvalue weighted by Crippen LogP contribution is 2.29. The molecule has 3 heterocycles. The average molecular weight is 375 g/mol. The summed E-state index contributed by atoms with van der Waals surface area (Å²) in [5, 5.41) is 3.41. The molecule has 0 atom stereocenters. The first-order valence-corrected chi connectivity index (χ1v) is 8.57. The molecular weight excluding hydrogens is 362 g/mol. The maximum Gasteiger partial charge on any atom is 0.297 e. The highest BCUT2D eigenvalue weighted by Gasteiger charge is 2.19. The van der Waals surface area contributed by atoms with Gasteiger partial charge in [-0.25, -0.2) is 4.98 Å². The van der Waals surface area contributed by atoms with E-state index in [-0.39, 0.29) is 30.4 Å². The molecule has 0 unspecified atom stereocenters. The number of Topliss-reactive ketones (excluding diaryl/α,β-unsaturated/α-hetero) is 1. The van der Waals surface area contributed by atoms with Crippen molar-refractivity contribution in [2.24, 2.45) is 0 Å². The molecule has 0 aliphatic carbocycles. The summed E-state index contributed by atoms with van der Waals surface area (Å²) in [6.45, 7) is -0.259. The molecule has 0 saturated heterocycles. The molecule has 2 aromatic heterocycles. The van der Waals surface area contributed by atoms with E-state index >= 15 is 0 Å². The van der Waals surface area contributed by atoms with E-state index in [0.717, 1.165) is 5.39 Å². The normalized spacial score (nSPS) is 13.2. The minimum absolute atomic E-state index is 0.0567. The van der Waals surface area contributed by atoms with Crippen molar-refractivity contribution >= 4 is 39.4 Å². The predicted octanol–water partition coefficient (Wildman–Crippen LogP) is 2.36. The minimum atomic E-state index is -0.427. The van der Waals surface area contributed by atoms with Crippen molar-refractivity contribution in [1.29, 1.82) is 0 Å². The number of amides is 1. The Bertz CT molecular complexity index is 1330. The van der Waals surface area contributed by atoms with Gasteiger partial charge < -0.3 is 14.5 Å². The van der Waals surface area contributed by atoms with Crippen LogP contribution < -0.4 is 15.6 Å². The third-order valence-corrected chi connectivity index (χ3v) is 4.60. The van der Waals surface area contributed by atoms with Crippen LogP contribution in [0.15, 0.2) is 58.0 Å². The standard InChI is InChI=1S/C20H13N3O5/c24-14(11-5-6-16-13(7-11)22-17(25)9-27-16)8-23-10-21-18-12-3-1-2-4-15(12)28-19(18)20(23)26/h1-7,10H,8-9H2,(H,22,25). The number of furan rings is 1. The number of fused-ring (bicyclic) bond motifs is 4. The van der Waals surface area contributed by atoms with Gasteiger partial charge in [-0.3, -0.25) is 19.0 Å². The van der Waals surface area contributed by atoms with Crippen LogP contribution in [0, 0.1) is 0 Å². The number of ether oxygens (including phenoxy) is 1. The molecule has 4 aromatic rings. The Morgan fingerprint density at radius 3 is 2.93 bits per heavy atom. The van der Waals surface area contributed by atoms with Gasteiger partial charge in [0.05, 0.1) is 18.6 Å². The minimum Gasteiger partial charge on any atom is -0.482 e. The van der Waals surface area contributed by atoms with Crippen molar-refractivity contribution in [2.45, 2.75) is 6.54 Å². The first kappa shape index (κ1) is 16.2. The zero-order valence-electron chi connectivity index (χ0n) is 14.5. The third kappa shape index (κ3) is 2.54. The summed E-state index contributed by atoms with van der Waals surface area (Å²) in [5.41, 5.74) is 1.50. The van der Waals surface area contributed by atoms with E-state index in [4.69, 9.17) is 9.15 Å². The molecule has 1 amide bonds. The van der Waals surface area contributed by atoms with Crippen molar-refractivity contribution in [1.82, 2.24) is 9.55 Å². The van der Waals surface area contributed by atoms with Gasteiger partial charge in [0.2, 0.25) is 5.58 Å². The zero-order valence-corrected chi connectivity index (χ0v) is 14.5. The summed E-state index contributed by atoms with van der Waals surface area (Å²) in [6.07, 6.45) is 1.34. The highest BCUT2D eigenvalue weighted by molar-refractivity contribution is 6.02. The molecule has 1 aliphatic heterocycles. The fourth-order valence-corrected chi connectivity index (χ4v) is 3.23. The number of carbonyl (C=O) groups is 2. The largest absolute Gasteiger partial charge is 0.482 e. The summed E-state index contributed by atoms with van der Waals surface area (Å²) < 4.78 is 12.1. The molecule has 1 aliphatic rings. The van der Waals surface area contributed by atoms with Crippen LogP contribution in [-0.4, -0.2) is 27.8 Å². The summed E-state index contributed by atoms with van der Waals surface area (Å²) in [4.78, 5) is 41.2. The number of hydrogen-bond acceptors (Lipinski definition) is 6. The highest BCUT2D eigenvalue weighted by atomic mass is 16.5. The molecule has 0 fully saturated rings. The molecule has 0 spiro atoms. The molecule has 1 N–H and O–H groups in total. The lowest BCUT2D eigenvalue weighted by atomic mass is 10.1. The third-order valence-electron chi connectivity index (χ3n) is 4.60. The van der Waals surface area contributed by atoms with Crippen molar-refractivity contribution in [3.05, 3.63) is 64.7 Å². The van der Waals surface area contributed by atoms with E-state index < -0.39 is 5.56 Å². The van der Waals surface area contributed by atoms with Crippen molar-refractivity contribution in [2.75, 3.05) is 11.9 Å². The topological polar surface area (TPSA) is 103 Å². The van der Waals surface area contributed by atoms with Crippen molar-refractivity contribution in [3.63, 3.8) is 0 Å².